The smallest absolute Gasteiger partial charge is 0.306 e. The lowest BCUT2D eigenvalue weighted by molar-refractivity contribution is -0.143. The predicted octanol–water partition coefficient (Wildman–Crippen LogP) is 5.90. The van der Waals surface area contributed by atoms with E-state index in [1.807, 2.05) is 0 Å². The molecule has 4 rings (SSSR count). The van der Waals surface area contributed by atoms with Gasteiger partial charge in [0, 0.05) is 10.7 Å². The lowest BCUT2D eigenvalue weighted by Gasteiger charge is -2.56. The highest BCUT2D eigenvalue weighted by atomic mass is 79.9. The Morgan fingerprint density at radius 2 is 1.52 bits per heavy atom. The molecule has 4 fully saturated rings. The van der Waals surface area contributed by atoms with Gasteiger partial charge >= 0.3 is 5.97 Å². The van der Waals surface area contributed by atoms with Crippen LogP contribution in [0.3, 0.4) is 0 Å². The van der Waals surface area contributed by atoms with Crippen molar-refractivity contribution in [2.45, 2.75) is 96.1 Å². The third-order valence-corrected chi connectivity index (χ3v) is 10.2. The van der Waals surface area contributed by atoms with Gasteiger partial charge in [-0.3, -0.25) is 4.79 Å². The first-order valence-electron chi connectivity index (χ1n) is 11.1. The van der Waals surface area contributed by atoms with Crippen LogP contribution in [0.15, 0.2) is 0 Å². The van der Waals surface area contributed by atoms with E-state index in [4.69, 9.17) is 4.74 Å². The van der Waals surface area contributed by atoms with Gasteiger partial charge in [0.25, 0.3) is 0 Å². The lowest BCUT2D eigenvalue weighted by Crippen LogP contribution is -2.50. The second kappa shape index (κ2) is 7.00. The zero-order valence-electron chi connectivity index (χ0n) is 17.4. The third kappa shape index (κ3) is 3.52. The largest absolute Gasteiger partial charge is 0.481 e. The zero-order valence-corrected chi connectivity index (χ0v) is 19.0. The molecule has 6 atom stereocenters. The number of carbonyl (C=O) groups is 1. The summed E-state index contributed by atoms with van der Waals surface area (Å²) < 4.78 is 6.73. The Morgan fingerprint density at radius 1 is 0.963 bits per heavy atom. The van der Waals surface area contributed by atoms with Crippen molar-refractivity contribution in [3.8, 4) is 0 Å². The van der Waals surface area contributed by atoms with Crippen LogP contribution in [0.5, 0.6) is 0 Å². The van der Waals surface area contributed by atoms with Gasteiger partial charge in [-0.2, -0.15) is 0 Å². The molecule has 0 aromatic rings. The normalized spacial score (nSPS) is 48.5. The van der Waals surface area contributed by atoms with Crippen LogP contribution in [0.2, 0.25) is 0 Å². The summed E-state index contributed by atoms with van der Waals surface area (Å²) in [6, 6.07) is 0. The Bertz CT molecular complexity index is 578. The highest BCUT2D eigenvalue weighted by molar-refractivity contribution is 9.09. The fourth-order valence-corrected chi connectivity index (χ4v) is 8.13. The zero-order chi connectivity index (χ0) is 19.6. The maximum absolute atomic E-state index is 11.3. The van der Waals surface area contributed by atoms with E-state index in [1.54, 1.807) is 0 Å². The summed E-state index contributed by atoms with van der Waals surface area (Å²) in [5, 5.41) is 9.29. The van der Waals surface area contributed by atoms with Crippen LogP contribution in [-0.4, -0.2) is 28.1 Å². The summed E-state index contributed by atoms with van der Waals surface area (Å²) in [6.07, 6.45) is 9.51. The number of aliphatic carboxylic acids is 1. The van der Waals surface area contributed by atoms with Crippen molar-refractivity contribution in [3.05, 3.63) is 0 Å². The van der Waals surface area contributed by atoms with Crippen LogP contribution in [0, 0.1) is 40.4 Å². The van der Waals surface area contributed by atoms with E-state index in [0.717, 1.165) is 37.5 Å². The number of halogens is 1. The number of fused-ring (bicyclic) bond motifs is 2. The van der Waals surface area contributed by atoms with Crippen molar-refractivity contribution in [3.63, 3.8) is 0 Å². The average molecular weight is 441 g/mol. The van der Waals surface area contributed by atoms with Crippen LogP contribution >= 0.6 is 15.9 Å². The van der Waals surface area contributed by atoms with Crippen molar-refractivity contribution < 1.29 is 14.6 Å². The minimum atomic E-state index is -0.613. The van der Waals surface area contributed by atoms with Crippen molar-refractivity contribution in [1.82, 2.24) is 0 Å². The predicted molar refractivity (Wildman–Crippen MR) is 111 cm³/mol. The van der Waals surface area contributed by atoms with E-state index in [-0.39, 0.29) is 12.0 Å². The van der Waals surface area contributed by atoms with Gasteiger partial charge in [0.2, 0.25) is 0 Å². The average Bonchev–Trinajstić information content (AvgIpc) is 2.94. The van der Waals surface area contributed by atoms with Gasteiger partial charge in [-0.25, -0.2) is 0 Å². The maximum Gasteiger partial charge on any atom is 0.306 e. The van der Waals surface area contributed by atoms with Gasteiger partial charge in [0.1, 0.15) is 0 Å². The molecule has 3 nitrogen and oxygen atoms in total. The van der Waals surface area contributed by atoms with Crippen molar-refractivity contribution >= 4 is 21.9 Å². The molecular weight excluding hydrogens is 404 g/mol. The molecule has 0 bridgehead atoms. The molecule has 1 aliphatic heterocycles. The Hall–Kier alpha value is -0.0900. The van der Waals surface area contributed by atoms with Gasteiger partial charge in [0.15, 0.2) is 0 Å². The van der Waals surface area contributed by atoms with Crippen LogP contribution < -0.4 is 0 Å². The number of alkyl halides is 1. The summed E-state index contributed by atoms with van der Waals surface area (Å²) in [4.78, 5) is 11.7. The first kappa shape index (κ1) is 20.2. The third-order valence-electron chi connectivity index (χ3n) is 9.04. The molecule has 1 heterocycles. The molecule has 0 spiro atoms. The van der Waals surface area contributed by atoms with Gasteiger partial charge in [-0.15, -0.1) is 0 Å². The number of hydrogen-bond donors (Lipinski definition) is 1. The molecule has 6 unspecified atom stereocenters. The quantitative estimate of drug-likeness (QED) is 0.543. The summed E-state index contributed by atoms with van der Waals surface area (Å²) in [5.41, 5.74) is 0.865. The molecule has 3 aliphatic carbocycles. The number of carboxylic acid groups (broad SMARTS) is 1. The van der Waals surface area contributed by atoms with Crippen LogP contribution in [0.25, 0.3) is 0 Å². The number of rotatable bonds is 2. The summed E-state index contributed by atoms with van der Waals surface area (Å²) >= 11 is 4.07. The van der Waals surface area contributed by atoms with Gasteiger partial charge in [-0.1, -0.05) is 43.6 Å². The molecule has 1 N–H and O–H groups in total. The van der Waals surface area contributed by atoms with E-state index >= 15 is 0 Å². The Kier molecular flexibility index (Phi) is 5.24. The second-order valence-corrected chi connectivity index (χ2v) is 12.4. The summed E-state index contributed by atoms with van der Waals surface area (Å²) in [5.74, 6) is 1.97. The topological polar surface area (TPSA) is 46.5 Å². The SMILES string of the molecule is CC1(C)CCC(C)(C)C2CC3C(CC21)OC(C1CCC(C(=O)O)CC1)C3Br. The Labute approximate surface area is 173 Å². The highest BCUT2D eigenvalue weighted by Crippen LogP contribution is 2.61. The lowest BCUT2D eigenvalue weighted by atomic mass is 9.49. The van der Waals surface area contributed by atoms with Crippen LogP contribution in [0.1, 0.15) is 79.1 Å². The number of ether oxygens (including phenoxy) is 1. The summed E-state index contributed by atoms with van der Waals surface area (Å²) in [6.45, 7) is 9.94. The molecule has 4 aliphatic rings. The molecular formula is C23H37BrO3. The molecule has 4 heteroatoms. The molecule has 27 heavy (non-hydrogen) atoms. The van der Waals surface area contributed by atoms with E-state index in [2.05, 4.69) is 43.6 Å². The van der Waals surface area contributed by atoms with Crippen LogP contribution in [0.4, 0.5) is 0 Å². The number of hydrogen-bond acceptors (Lipinski definition) is 2. The Morgan fingerprint density at radius 3 is 2.07 bits per heavy atom. The van der Waals surface area contributed by atoms with Gasteiger partial charge < -0.3 is 9.84 Å². The molecule has 1 saturated heterocycles. The van der Waals surface area contributed by atoms with Crippen molar-refractivity contribution in [2.75, 3.05) is 0 Å². The van der Waals surface area contributed by atoms with Gasteiger partial charge in [-0.05, 0) is 80.0 Å². The van der Waals surface area contributed by atoms with E-state index in [9.17, 15) is 9.90 Å². The van der Waals surface area contributed by atoms with E-state index in [0.29, 0.717) is 33.6 Å². The first-order chi connectivity index (χ1) is 12.6. The first-order valence-corrected chi connectivity index (χ1v) is 12.0. The number of carboxylic acids is 1. The molecule has 0 radical (unpaired) electrons. The molecule has 0 aromatic carbocycles. The highest BCUT2D eigenvalue weighted by Gasteiger charge is 2.57. The van der Waals surface area contributed by atoms with Gasteiger partial charge in [0.05, 0.1) is 18.1 Å². The minimum Gasteiger partial charge on any atom is -0.481 e. The second-order valence-electron chi connectivity index (χ2n) is 11.4. The maximum atomic E-state index is 11.3. The van der Waals surface area contributed by atoms with E-state index < -0.39 is 5.97 Å². The summed E-state index contributed by atoms with van der Waals surface area (Å²) in [7, 11) is 0. The fraction of sp³-hybridized carbons (Fsp3) is 0.957. The monoisotopic (exact) mass is 440 g/mol. The van der Waals surface area contributed by atoms with Crippen molar-refractivity contribution in [2.24, 2.45) is 40.4 Å². The Balaban J connectivity index is 1.48. The molecule has 3 saturated carbocycles. The fourth-order valence-electron chi connectivity index (χ4n) is 7.02. The molecule has 154 valence electrons. The van der Waals surface area contributed by atoms with Crippen LogP contribution in [-0.2, 0) is 9.53 Å². The molecule has 0 amide bonds. The molecule has 0 aromatic heterocycles. The minimum absolute atomic E-state index is 0.136. The van der Waals surface area contributed by atoms with E-state index in [1.165, 1.54) is 25.7 Å². The standard InChI is InChI=1S/C23H37BrO3/c1-22(2)9-10-23(3,4)17-12-18-15(11-16(17)22)19(24)20(27-18)13-5-7-14(8-6-13)21(25)26/h13-20H,5-12H2,1-4H3,(H,25,26). The van der Waals surface area contributed by atoms with Crippen molar-refractivity contribution in [1.29, 1.82) is 0 Å².